The average molecular weight is 209 g/mol. The molecule has 0 aromatic heterocycles. The molecule has 87 valence electrons. The molecule has 0 saturated carbocycles. The van der Waals surface area contributed by atoms with Gasteiger partial charge in [0.05, 0.1) is 0 Å². The summed E-state index contributed by atoms with van der Waals surface area (Å²) in [5.41, 5.74) is 0. The van der Waals surface area contributed by atoms with Crippen molar-refractivity contribution >= 4 is 0 Å². The van der Waals surface area contributed by atoms with E-state index >= 15 is 0 Å². The topological polar surface area (TPSA) is 6.48 Å². The Hall–Kier alpha value is -0.0800. The van der Waals surface area contributed by atoms with Crippen molar-refractivity contribution < 1.29 is 0 Å². The third kappa shape index (κ3) is 3.46. The normalized spacial score (nSPS) is 27.0. The maximum absolute atomic E-state index is 4.30. The largest absolute Gasteiger partial charge is 0.303 e. The maximum atomic E-state index is 4.30. The quantitative estimate of drug-likeness (QED) is 0.700. The first-order chi connectivity index (χ1) is 7.36. The van der Waals surface area contributed by atoms with Crippen LogP contribution in [0.5, 0.6) is 0 Å². The van der Waals surface area contributed by atoms with Crippen LogP contribution in [0.1, 0.15) is 38.5 Å². The number of hydrogen-bond donors (Lipinski definition) is 0. The van der Waals surface area contributed by atoms with Crippen molar-refractivity contribution in [3.63, 3.8) is 0 Å². The molecule has 0 aliphatic carbocycles. The van der Waals surface area contributed by atoms with Gasteiger partial charge in [-0.25, -0.2) is 0 Å². The molecular weight excluding hydrogens is 184 g/mol. The minimum absolute atomic E-state index is 0.564. The molecule has 0 aromatic carbocycles. The first-order valence-corrected chi connectivity index (χ1v) is 6.66. The van der Waals surface area contributed by atoms with Gasteiger partial charge in [-0.15, -0.1) is 0 Å². The highest BCUT2D eigenvalue weighted by Gasteiger charge is 2.19. The molecule has 1 unspecified atom stereocenters. The number of piperidine rings is 1. The second-order valence-corrected chi connectivity index (χ2v) is 5.09. The molecule has 2 aliphatic rings. The van der Waals surface area contributed by atoms with E-state index in [9.17, 15) is 0 Å². The molecule has 2 rings (SSSR count). The first-order valence-electron chi connectivity index (χ1n) is 6.66. The van der Waals surface area contributed by atoms with Gasteiger partial charge < -0.3 is 9.80 Å². The van der Waals surface area contributed by atoms with Crippen LogP contribution in [0, 0.1) is 6.92 Å². The van der Waals surface area contributed by atoms with E-state index in [0.29, 0.717) is 6.04 Å². The predicted molar refractivity (Wildman–Crippen MR) is 64.9 cm³/mol. The van der Waals surface area contributed by atoms with Crippen molar-refractivity contribution in [1.29, 1.82) is 0 Å². The van der Waals surface area contributed by atoms with E-state index in [-0.39, 0.29) is 0 Å². The molecule has 1 radical (unpaired) electrons. The van der Waals surface area contributed by atoms with Crippen molar-refractivity contribution in [2.45, 2.75) is 44.6 Å². The molecule has 15 heavy (non-hydrogen) atoms. The van der Waals surface area contributed by atoms with Crippen LogP contribution in [0.2, 0.25) is 0 Å². The van der Waals surface area contributed by atoms with Crippen molar-refractivity contribution in [1.82, 2.24) is 9.80 Å². The van der Waals surface area contributed by atoms with Crippen LogP contribution in [0.3, 0.4) is 0 Å². The molecule has 0 amide bonds. The zero-order chi connectivity index (χ0) is 10.5. The minimum Gasteiger partial charge on any atom is -0.303 e. The SMILES string of the molecule is [CH2]C(CCN1CCCCC1)N1CCCC1. The predicted octanol–water partition coefficient (Wildman–Crippen LogP) is 2.16. The Morgan fingerprint density at radius 1 is 0.867 bits per heavy atom. The number of nitrogens with zero attached hydrogens (tertiary/aromatic N) is 2. The standard InChI is InChI=1S/C13H25N2/c1-13(15-10-5-6-11-15)7-12-14-8-3-2-4-9-14/h13H,1-12H2. The maximum Gasteiger partial charge on any atom is 0.0108 e. The van der Waals surface area contributed by atoms with Gasteiger partial charge in [0.1, 0.15) is 0 Å². The average Bonchev–Trinajstić information content (AvgIpc) is 2.81. The van der Waals surface area contributed by atoms with E-state index in [1.165, 1.54) is 71.2 Å². The summed E-state index contributed by atoms with van der Waals surface area (Å²) >= 11 is 0. The Morgan fingerprint density at radius 2 is 1.47 bits per heavy atom. The van der Waals surface area contributed by atoms with Gasteiger partial charge in [-0.2, -0.15) is 0 Å². The van der Waals surface area contributed by atoms with E-state index in [2.05, 4.69) is 16.7 Å². The Labute approximate surface area is 94.6 Å². The molecule has 2 saturated heterocycles. The van der Waals surface area contributed by atoms with Gasteiger partial charge in [0.2, 0.25) is 0 Å². The van der Waals surface area contributed by atoms with Crippen LogP contribution >= 0.6 is 0 Å². The Kier molecular flexibility index (Phi) is 4.45. The van der Waals surface area contributed by atoms with Crippen LogP contribution in [-0.4, -0.2) is 48.6 Å². The summed E-state index contributed by atoms with van der Waals surface area (Å²) in [5, 5.41) is 0. The van der Waals surface area contributed by atoms with Crippen molar-refractivity contribution in [2.75, 3.05) is 32.7 Å². The molecule has 2 heteroatoms. The third-order valence-corrected chi connectivity index (χ3v) is 3.88. The van der Waals surface area contributed by atoms with Crippen LogP contribution in [-0.2, 0) is 0 Å². The second-order valence-electron chi connectivity index (χ2n) is 5.09. The Balaban J connectivity index is 1.63. The highest BCUT2D eigenvalue weighted by atomic mass is 15.2. The molecule has 0 aromatic rings. The Morgan fingerprint density at radius 3 is 2.13 bits per heavy atom. The Bertz CT molecular complexity index is 169. The summed E-state index contributed by atoms with van der Waals surface area (Å²) in [6.07, 6.45) is 8.29. The van der Waals surface area contributed by atoms with Gasteiger partial charge in [-0.1, -0.05) is 6.42 Å². The minimum atomic E-state index is 0.564. The fourth-order valence-electron chi connectivity index (χ4n) is 2.80. The molecule has 2 fully saturated rings. The molecule has 0 spiro atoms. The zero-order valence-corrected chi connectivity index (χ0v) is 9.96. The third-order valence-electron chi connectivity index (χ3n) is 3.88. The van der Waals surface area contributed by atoms with E-state index in [1.807, 2.05) is 0 Å². The molecule has 2 heterocycles. The molecular formula is C13H25N2. The van der Waals surface area contributed by atoms with Crippen LogP contribution in [0.4, 0.5) is 0 Å². The van der Waals surface area contributed by atoms with E-state index in [0.717, 1.165) is 0 Å². The fraction of sp³-hybridized carbons (Fsp3) is 0.923. The van der Waals surface area contributed by atoms with Gasteiger partial charge in [0, 0.05) is 6.04 Å². The van der Waals surface area contributed by atoms with Crippen LogP contribution < -0.4 is 0 Å². The lowest BCUT2D eigenvalue weighted by atomic mass is 10.1. The molecule has 2 aliphatic heterocycles. The summed E-state index contributed by atoms with van der Waals surface area (Å²) in [7, 11) is 0. The van der Waals surface area contributed by atoms with Gasteiger partial charge in [-0.3, -0.25) is 0 Å². The summed E-state index contributed by atoms with van der Waals surface area (Å²) < 4.78 is 0. The summed E-state index contributed by atoms with van der Waals surface area (Å²) in [6, 6.07) is 0.564. The monoisotopic (exact) mass is 209 g/mol. The first kappa shape index (κ1) is 11.4. The van der Waals surface area contributed by atoms with Crippen LogP contribution in [0.15, 0.2) is 0 Å². The zero-order valence-electron chi connectivity index (χ0n) is 9.96. The molecule has 2 nitrogen and oxygen atoms in total. The lowest BCUT2D eigenvalue weighted by Gasteiger charge is -2.30. The van der Waals surface area contributed by atoms with Crippen molar-refractivity contribution in [2.24, 2.45) is 0 Å². The molecule has 1 atom stereocenters. The van der Waals surface area contributed by atoms with Gasteiger partial charge >= 0.3 is 0 Å². The van der Waals surface area contributed by atoms with E-state index < -0.39 is 0 Å². The summed E-state index contributed by atoms with van der Waals surface area (Å²) in [5.74, 6) is 0. The van der Waals surface area contributed by atoms with Crippen LogP contribution in [0.25, 0.3) is 0 Å². The van der Waals surface area contributed by atoms with Gasteiger partial charge in [-0.05, 0) is 71.8 Å². The highest BCUT2D eigenvalue weighted by Crippen LogP contribution is 2.15. The van der Waals surface area contributed by atoms with E-state index in [4.69, 9.17) is 0 Å². The van der Waals surface area contributed by atoms with Gasteiger partial charge in [0.15, 0.2) is 0 Å². The number of likely N-dealkylation sites (tertiary alicyclic amines) is 2. The molecule has 0 bridgehead atoms. The van der Waals surface area contributed by atoms with Crippen molar-refractivity contribution in [3.8, 4) is 0 Å². The highest BCUT2D eigenvalue weighted by molar-refractivity contribution is 4.79. The number of hydrogen-bond acceptors (Lipinski definition) is 2. The van der Waals surface area contributed by atoms with Crippen molar-refractivity contribution in [3.05, 3.63) is 6.92 Å². The smallest absolute Gasteiger partial charge is 0.0108 e. The lowest BCUT2D eigenvalue weighted by molar-refractivity contribution is 0.192. The molecule has 0 N–H and O–H groups in total. The second kappa shape index (κ2) is 5.86. The van der Waals surface area contributed by atoms with E-state index in [1.54, 1.807) is 0 Å². The lowest BCUT2D eigenvalue weighted by Crippen LogP contribution is -2.36. The number of rotatable bonds is 4. The summed E-state index contributed by atoms with van der Waals surface area (Å²) in [4.78, 5) is 5.18. The van der Waals surface area contributed by atoms with Gasteiger partial charge in [0.25, 0.3) is 0 Å². The fourth-order valence-corrected chi connectivity index (χ4v) is 2.80. The summed E-state index contributed by atoms with van der Waals surface area (Å²) in [6.45, 7) is 10.8.